The predicted molar refractivity (Wildman–Crippen MR) is 118 cm³/mol. The lowest BCUT2D eigenvalue weighted by Gasteiger charge is -2.28. The molecule has 2 N–H and O–H groups in total. The van der Waals surface area contributed by atoms with Crippen LogP contribution in [-0.2, 0) is 6.54 Å². The maximum absolute atomic E-state index is 14.5. The summed E-state index contributed by atoms with van der Waals surface area (Å²) in [5.74, 6) is 7.74. The van der Waals surface area contributed by atoms with Crippen LogP contribution in [0, 0.1) is 12.7 Å². The van der Waals surface area contributed by atoms with Gasteiger partial charge in [-0.05, 0) is 52.5 Å². The summed E-state index contributed by atoms with van der Waals surface area (Å²) in [7, 11) is 0. The third-order valence-electron chi connectivity index (χ3n) is 5.61. The van der Waals surface area contributed by atoms with Crippen molar-refractivity contribution in [3.8, 4) is 0 Å². The summed E-state index contributed by atoms with van der Waals surface area (Å²) in [6.45, 7) is 3.63. The summed E-state index contributed by atoms with van der Waals surface area (Å²) in [5.41, 5.74) is 2.98. The van der Waals surface area contributed by atoms with Crippen molar-refractivity contribution >= 4 is 29.5 Å². The van der Waals surface area contributed by atoms with Crippen LogP contribution in [0.2, 0.25) is 5.02 Å². The van der Waals surface area contributed by atoms with Gasteiger partial charge in [0.15, 0.2) is 12.0 Å². The monoisotopic (exact) mass is 439 g/mol. The molecule has 0 saturated heterocycles. The Morgan fingerprint density at radius 3 is 2.94 bits per heavy atom. The molecule has 1 unspecified atom stereocenters. The topological polar surface area (TPSA) is 79.5 Å². The van der Waals surface area contributed by atoms with Crippen LogP contribution in [0.1, 0.15) is 23.3 Å². The van der Waals surface area contributed by atoms with Crippen molar-refractivity contribution in [3.05, 3.63) is 81.8 Å². The highest BCUT2D eigenvalue weighted by Crippen LogP contribution is 2.29. The first-order valence-electron chi connectivity index (χ1n) is 9.96. The molecule has 7 nitrogen and oxygen atoms in total. The summed E-state index contributed by atoms with van der Waals surface area (Å²) in [6.07, 6.45) is 7.85. The van der Waals surface area contributed by atoms with Gasteiger partial charge < -0.3 is 4.42 Å². The van der Waals surface area contributed by atoms with Crippen molar-refractivity contribution in [2.24, 2.45) is 20.9 Å². The van der Waals surface area contributed by atoms with E-state index in [9.17, 15) is 4.39 Å². The van der Waals surface area contributed by atoms with Crippen LogP contribution in [0.3, 0.4) is 0 Å². The first-order valence-corrected chi connectivity index (χ1v) is 10.3. The predicted octanol–water partition coefficient (Wildman–Crippen LogP) is 3.90. The van der Waals surface area contributed by atoms with Gasteiger partial charge in [-0.25, -0.2) is 9.38 Å². The Morgan fingerprint density at radius 2 is 2.19 bits per heavy atom. The van der Waals surface area contributed by atoms with Gasteiger partial charge in [0.1, 0.15) is 17.7 Å². The number of benzene rings is 1. The molecule has 9 heteroatoms. The van der Waals surface area contributed by atoms with E-state index in [0.29, 0.717) is 46.7 Å². The molecule has 0 spiro atoms. The normalized spacial score (nSPS) is 23.2. The van der Waals surface area contributed by atoms with E-state index in [0.717, 1.165) is 24.2 Å². The van der Waals surface area contributed by atoms with Gasteiger partial charge in [-0.1, -0.05) is 23.7 Å². The number of allylic oxidation sites excluding steroid dienone is 1. The highest BCUT2D eigenvalue weighted by atomic mass is 35.5. The van der Waals surface area contributed by atoms with E-state index in [1.807, 2.05) is 0 Å². The quantitative estimate of drug-likeness (QED) is 0.579. The number of hydrogen-bond donors (Lipinski definition) is 1. The molecule has 5 rings (SSSR count). The van der Waals surface area contributed by atoms with Gasteiger partial charge in [0.05, 0.1) is 6.26 Å². The van der Waals surface area contributed by atoms with Gasteiger partial charge in [-0.15, -0.1) is 5.84 Å². The zero-order valence-corrected chi connectivity index (χ0v) is 17.7. The number of quaternary nitrogens is 1. The Bertz CT molecular complexity index is 1200. The van der Waals surface area contributed by atoms with Crippen LogP contribution in [0.5, 0.6) is 0 Å². The zero-order chi connectivity index (χ0) is 21.6. The van der Waals surface area contributed by atoms with E-state index >= 15 is 0 Å². The van der Waals surface area contributed by atoms with E-state index < -0.39 is 0 Å². The molecule has 0 radical (unpaired) electrons. The van der Waals surface area contributed by atoms with Crippen molar-refractivity contribution in [1.29, 1.82) is 0 Å². The second-order valence-electron chi connectivity index (χ2n) is 7.75. The van der Waals surface area contributed by atoms with Gasteiger partial charge in [-0.2, -0.15) is 4.99 Å². The Kier molecular flexibility index (Phi) is 4.94. The number of furan rings is 1. The molecule has 3 aliphatic heterocycles. The fourth-order valence-electron chi connectivity index (χ4n) is 3.83. The van der Waals surface area contributed by atoms with Crippen molar-refractivity contribution < 1.29 is 13.5 Å². The Hall–Kier alpha value is -2.91. The molecule has 0 aliphatic carbocycles. The number of halogens is 2. The average molecular weight is 440 g/mol. The van der Waals surface area contributed by atoms with Gasteiger partial charge in [0, 0.05) is 30.2 Å². The van der Waals surface area contributed by atoms with Crippen LogP contribution >= 0.6 is 11.6 Å². The molecule has 1 aromatic carbocycles. The molecule has 31 heavy (non-hydrogen) atoms. The average Bonchev–Trinajstić information content (AvgIpc) is 3.41. The first kappa shape index (κ1) is 20.0. The number of nitrogens with zero attached hydrogens (tertiary/aromatic N) is 5. The maximum atomic E-state index is 14.5. The van der Waals surface area contributed by atoms with E-state index in [4.69, 9.17) is 21.9 Å². The summed E-state index contributed by atoms with van der Waals surface area (Å²) in [5, 5.41) is 4.96. The number of fused-ring (bicyclic) bond motifs is 1. The van der Waals surface area contributed by atoms with E-state index in [2.05, 4.69) is 26.1 Å². The molecular weight excluding hydrogens is 419 g/mol. The van der Waals surface area contributed by atoms with Gasteiger partial charge in [-0.3, -0.25) is 4.90 Å². The SMILES string of the molecule is Cc1ccc(Cl)c(CN2CC=C(C3=C[N+]4(N)N=C(c5ccco5)N=C4C=N3)CC2)c1F. The van der Waals surface area contributed by atoms with Crippen LogP contribution in [0.15, 0.2) is 73.6 Å². The second kappa shape index (κ2) is 7.65. The third-order valence-corrected chi connectivity index (χ3v) is 5.96. The van der Waals surface area contributed by atoms with Gasteiger partial charge in [0.25, 0.3) is 11.7 Å². The van der Waals surface area contributed by atoms with Crippen LogP contribution < -0.4 is 5.84 Å². The molecule has 1 atom stereocenters. The third kappa shape index (κ3) is 3.68. The molecule has 0 fully saturated rings. The summed E-state index contributed by atoms with van der Waals surface area (Å²) < 4.78 is 19.6. The first-order chi connectivity index (χ1) is 14.9. The summed E-state index contributed by atoms with van der Waals surface area (Å²) in [6, 6.07) is 7.01. The summed E-state index contributed by atoms with van der Waals surface area (Å²) in [4.78, 5) is 11.1. The maximum Gasteiger partial charge on any atom is 0.300 e. The van der Waals surface area contributed by atoms with Crippen molar-refractivity contribution in [2.45, 2.75) is 19.9 Å². The van der Waals surface area contributed by atoms with Gasteiger partial charge in [0.2, 0.25) is 0 Å². The molecular formula is C22H21ClFN6O+. The standard InChI is InChI=1S/C22H21ClFN6O/c1-14-4-5-17(23)16(21(14)24)12-29-8-6-15(7-9-29)18-13-30(25)20(11-26-18)27-22(28-30)19-3-2-10-31-19/h2-6,10-11,13H,7-9,12,25H2,1H3/q+1. The van der Waals surface area contributed by atoms with Crippen molar-refractivity contribution in [2.75, 3.05) is 13.1 Å². The van der Waals surface area contributed by atoms with Crippen molar-refractivity contribution in [1.82, 2.24) is 4.90 Å². The molecule has 158 valence electrons. The summed E-state index contributed by atoms with van der Waals surface area (Å²) >= 11 is 6.23. The molecule has 0 amide bonds. The molecule has 3 aliphatic rings. The van der Waals surface area contributed by atoms with Crippen LogP contribution in [-0.4, -0.2) is 40.6 Å². The highest BCUT2D eigenvalue weighted by Gasteiger charge is 2.40. The molecule has 1 aromatic heterocycles. The highest BCUT2D eigenvalue weighted by molar-refractivity contribution is 6.31. The lowest BCUT2D eigenvalue weighted by Crippen LogP contribution is -2.50. The van der Waals surface area contributed by atoms with Crippen LogP contribution in [0.25, 0.3) is 0 Å². The van der Waals surface area contributed by atoms with E-state index in [1.54, 1.807) is 49.9 Å². The van der Waals surface area contributed by atoms with E-state index in [1.165, 1.54) is 0 Å². The minimum Gasteiger partial charge on any atom is -0.461 e. The number of rotatable bonds is 4. The van der Waals surface area contributed by atoms with Crippen molar-refractivity contribution in [3.63, 3.8) is 0 Å². The Morgan fingerprint density at radius 1 is 1.32 bits per heavy atom. The lowest BCUT2D eigenvalue weighted by atomic mass is 10.0. The molecule has 2 aromatic rings. The fraction of sp³-hybridized carbons (Fsp3) is 0.227. The fourth-order valence-corrected chi connectivity index (χ4v) is 4.03. The molecule has 0 bridgehead atoms. The number of hydrogen-bond acceptors (Lipinski definition) is 6. The zero-order valence-electron chi connectivity index (χ0n) is 16.9. The molecule has 4 heterocycles. The number of amidine groups is 2. The second-order valence-corrected chi connectivity index (χ2v) is 8.16. The largest absolute Gasteiger partial charge is 0.461 e. The van der Waals surface area contributed by atoms with Gasteiger partial charge >= 0.3 is 0 Å². The number of aliphatic imine (C=N–C) groups is 2. The number of nitrogens with two attached hydrogens (primary N) is 1. The minimum absolute atomic E-state index is 0.234. The minimum atomic E-state index is -0.292. The molecule has 0 saturated carbocycles. The van der Waals surface area contributed by atoms with E-state index in [-0.39, 0.29) is 10.5 Å². The Balaban J connectivity index is 1.33. The number of aryl methyl sites for hydroxylation is 1. The Labute approximate surface area is 183 Å². The smallest absolute Gasteiger partial charge is 0.300 e. The lowest BCUT2D eigenvalue weighted by molar-refractivity contribution is -0.803. The van der Waals surface area contributed by atoms with Crippen LogP contribution in [0.4, 0.5) is 4.39 Å².